The maximum atomic E-state index is 12.8. The van der Waals surface area contributed by atoms with Crippen molar-refractivity contribution in [2.75, 3.05) is 0 Å². The Morgan fingerprint density at radius 1 is 1.29 bits per heavy atom. The number of aromatic nitrogens is 1. The van der Waals surface area contributed by atoms with E-state index in [1.54, 1.807) is 0 Å². The van der Waals surface area contributed by atoms with Crippen LogP contribution in [0.3, 0.4) is 0 Å². The normalized spacial score (nSPS) is 11.6. The molecule has 0 radical (unpaired) electrons. The predicted octanol–water partition coefficient (Wildman–Crippen LogP) is 3.02. The summed E-state index contributed by atoms with van der Waals surface area (Å²) in [5.41, 5.74) is 0. The van der Waals surface area contributed by atoms with Crippen LogP contribution < -0.4 is 4.74 Å². The molecule has 0 N–H and O–H groups in total. The van der Waals surface area contributed by atoms with Crippen LogP contribution in [0.5, 0.6) is 5.88 Å². The average Bonchev–Trinajstić information content (AvgIpc) is 1.96. The molecule has 0 aliphatic carbocycles. The van der Waals surface area contributed by atoms with E-state index in [1.165, 1.54) is 0 Å². The summed E-state index contributed by atoms with van der Waals surface area (Å²) in [6.45, 7) is 0. The fourth-order valence-electron chi connectivity index (χ4n) is 0.626. The van der Waals surface area contributed by atoms with Gasteiger partial charge in [0.15, 0.2) is 5.82 Å². The standard InChI is InChI=1S/C6HBrF5NO/c7-2-1-3(8)13-5(4(2)9)14-6(10,11)12/h1H. The highest BCUT2D eigenvalue weighted by molar-refractivity contribution is 9.10. The van der Waals surface area contributed by atoms with Crippen molar-refractivity contribution in [3.8, 4) is 5.88 Å². The second kappa shape index (κ2) is 3.68. The van der Waals surface area contributed by atoms with Crippen molar-refractivity contribution >= 4 is 15.9 Å². The lowest BCUT2D eigenvalue weighted by Crippen LogP contribution is -2.19. The molecule has 0 atom stereocenters. The third kappa shape index (κ3) is 2.79. The van der Waals surface area contributed by atoms with Crippen molar-refractivity contribution < 1.29 is 26.7 Å². The lowest BCUT2D eigenvalue weighted by Gasteiger charge is -2.08. The monoisotopic (exact) mass is 277 g/mol. The van der Waals surface area contributed by atoms with Crippen LogP contribution in [0.2, 0.25) is 0 Å². The first-order chi connectivity index (χ1) is 6.29. The molecule has 0 fully saturated rings. The lowest BCUT2D eigenvalue weighted by atomic mass is 10.4. The zero-order valence-corrected chi connectivity index (χ0v) is 7.79. The maximum absolute atomic E-state index is 12.8. The van der Waals surface area contributed by atoms with Crippen LogP contribution in [0.25, 0.3) is 0 Å². The van der Waals surface area contributed by atoms with Crippen molar-refractivity contribution in [2.24, 2.45) is 0 Å². The Bertz CT molecular complexity index is 353. The van der Waals surface area contributed by atoms with Crippen LogP contribution in [0.4, 0.5) is 22.0 Å². The molecule has 0 bridgehead atoms. The molecule has 8 heteroatoms. The van der Waals surface area contributed by atoms with E-state index in [4.69, 9.17) is 0 Å². The third-order valence-electron chi connectivity index (χ3n) is 1.06. The highest BCUT2D eigenvalue weighted by Gasteiger charge is 2.34. The van der Waals surface area contributed by atoms with Gasteiger partial charge >= 0.3 is 6.36 Å². The minimum Gasteiger partial charge on any atom is -0.384 e. The fraction of sp³-hybridized carbons (Fsp3) is 0.167. The molecule has 0 aliphatic rings. The fourth-order valence-corrected chi connectivity index (χ4v) is 0.984. The van der Waals surface area contributed by atoms with Crippen LogP contribution in [0.1, 0.15) is 0 Å². The number of alkyl halides is 3. The minimum atomic E-state index is -5.11. The van der Waals surface area contributed by atoms with Crippen molar-refractivity contribution in [1.82, 2.24) is 4.98 Å². The van der Waals surface area contributed by atoms with Gasteiger partial charge in [-0.15, -0.1) is 13.2 Å². The van der Waals surface area contributed by atoms with E-state index in [1.807, 2.05) is 0 Å². The Hall–Kier alpha value is -0.920. The van der Waals surface area contributed by atoms with Gasteiger partial charge < -0.3 is 4.74 Å². The van der Waals surface area contributed by atoms with Crippen LogP contribution >= 0.6 is 15.9 Å². The molecule has 14 heavy (non-hydrogen) atoms. The highest BCUT2D eigenvalue weighted by atomic mass is 79.9. The third-order valence-corrected chi connectivity index (χ3v) is 1.64. The Morgan fingerprint density at radius 2 is 1.86 bits per heavy atom. The molecule has 0 spiro atoms. The molecule has 1 rings (SSSR count). The van der Waals surface area contributed by atoms with Gasteiger partial charge in [0, 0.05) is 6.07 Å². The number of hydrogen-bond donors (Lipinski definition) is 0. The Labute approximate surface area is 82.8 Å². The average molecular weight is 278 g/mol. The first kappa shape index (κ1) is 11.2. The van der Waals surface area contributed by atoms with Gasteiger partial charge in [0.25, 0.3) is 5.88 Å². The largest absolute Gasteiger partial charge is 0.574 e. The van der Waals surface area contributed by atoms with Crippen molar-refractivity contribution in [3.05, 3.63) is 22.3 Å². The zero-order valence-electron chi connectivity index (χ0n) is 6.20. The molecule has 0 unspecified atom stereocenters. The zero-order chi connectivity index (χ0) is 10.9. The van der Waals surface area contributed by atoms with Crippen molar-refractivity contribution in [1.29, 1.82) is 0 Å². The number of hydrogen-bond acceptors (Lipinski definition) is 2. The van der Waals surface area contributed by atoms with Gasteiger partial charge in [0.05, 0.1) is 4.47 Å². The van der Waals surface area contributed by atoms with Gasteiger partial charge in [-0.2, -0.15) is 13.8 Å². The maximum Gasteiger partial charge on any atom is 0.574 e. The number of ether oxygens (including phenoxy) is 1. The van der Waals surface area contributed by atoms with Gasteiger partial charge in [0.2, 0.25) is 5.95 Å². The summed E-state index contributed by atoms with van der Waals surface area (Å²) in [5, 5.41) is 0. The molecule has 0 saturated carbocycles. The topological polar surface area (TPSA) is 22.1 Å². The quantitative estimate of drug-likeness (QED) is 0.582. The van der Waals surface area contributed by atoms with Gasteiger partial charge in [0.1, 0.15) is 0 Å². The van der Waals surface area contributed by atoms with Crippen LogP contribution in [-0.2, 0) is 0 Å². The van der Waals surface area contributed by atoms with Crippen LogP contribution in [-0.4, -0.2) is 11.3 Å². The summed E-state index contributed by atoms with van der Waals surface area (Å²) in [5.74, 6) is -4.15. The first-order valence-corrected chi connectivity index (χ1v) is 3.86. The van der Waals surface area contributed by atoms with E-state index in [-0.39, 0.29) is 0 Å². The minimum absolute atomic E-state index is 0.496. The van der Waals surface area contributed by atoms with E-state index >= 15 is 0 Å². The Morgan fingerprint density at radius 3 is 2.36 bits per heavy atom. The highest BCUT2D eigenvalue weighted by Crippen LogP contribution is 2.28. The van der Waals surface area contributed by atoms with E-state index in [2.05, 4.69) is 25.7 Å². The van der Waals surface area contributed by atoms with Gasteiger partial charge in [-0.05, 0) is 15.9 Å². The van der Waals surface area contributed by atoms with E-state index < -0.39 is 28.5 Å². The molecule has 1 heterocycles. The second-order valence-corrected chi connectivity index (χ2v) is 2.95. The van der Waals surface area contributed by atoms with Crippen LogP contribution in [0, 0.1) is 11.8 Å². The van der Waals surface area contributed by atoms with Gasteiger partial charge in [-0.1, -0.05) is 0 Å². The molecule has 0 aromatic carbocycles. The number of rotatable bonds is 1. The number of pyridine rings is 1. The van der Waals surface area contributed by atoms with Crippen molar-refractivity contribution in [2.45, 2.75) is 6.36 Å². The lowest BCUT2D eigenvalue weighted by molar-refractivity contribution is -0.277. The number of halogens is 6. The molecule has 1 aromatic rings. The van der Waals surface area contributed by atoms with E-state index in [9.17, 15) is 22.0 Å². The summed E-state index contributed by atoms with van der Waals surface area (Å²) in [6, 6.07) is 0.582. The summed E-state index contributed by atoms with van der Waals surface area (Å²) >= 11 is 2.50. The molecular formula is C6HBrF5NO. The second-order valence-electron chi connectivity index (χ2n) is 2.09. The summed E-state index contributed by atoms with van der Waals surface area (Å²) < 4.78 is 62.7. The predicted molar refractivity (Wildman–Crippen MR) is 38.5 cm³/mol. The molecule has 0 aliphatic heterocycles. The molecule has 0 saturated heterocycles. The van der Waals surface area contributed by atoms with E-state index in [0.717, 1.165) is 0 Å². The molecule has 1 aromatic heterocycles. The van der Waals surface area contributed by atoms with Crippen LogP contribution in [0.15, 0.2) is 10.5 Å². The SMILES string of the molecule is Fc1cc(Br)c(F)c(OC(F)(F)F)n1. The first-order valence-electron chi connectivity index (χ1n) is 3.07. The van der Waals surface area contributed by atoms with Gasteiger partial charge in [-0.25, -0.2) is 0 Å². The smallest absolute Gasteiger partial charge is 0.384 e. The summed E-state index contributed by atoms with van der Waals surface area (Å²) in [6.07, 6.45) is -5.11. The molecular weight excluding hydrogens is 277 g/mol. The number of nitrogens with zero attached hydrogens (tertiary/aromatic N) is 1. The molecule has 2 nitrogen and oxygen atoms in total. The molecule has 0 amide bonds. The Kier molecular flexibility index (Phi) is 2.93. The van der Waals surface area contributed by atoms with E-state index in [0.29, 0.717) is 6.07 Å². The summed E-state index contributed by atoms with van der Waals surface area (Å²) in [7, 11) is 0. The van der Waals surface area contributed by atoms with Gasteiger partial charge in [-0.3, -0.25) is 0 Å². The van der Waals surface area contributed by atoms with Crippen molar-refractivity contribution in [3.63, 3.8) is 0 Å². The summed E-state index contributed by atoms with van der Waals surface area (Å²) in [4.78, 5) is 2.61. The Balaban J connectivity index is 3.09. The molecule has 78 valence electrons.